The van der Waals surface area contributed by atoms with Crippen LogP contribution in [0.3, 0.4) is 0 Å². The molecule has 0 spiro atoms. The zero-order valence-electron chi connectivity index (χ0n) is 18.8. The molecule has 8 nitrogen and oxygen atoms in total. The van der Waals surface area contributed by atoms with E-state index in [4.69, 9.17) is 9.84 Å². The zero-order chi connectivity index (χ0) is 23.3. The van der Waals surface area contributed by atoms with Crippen molar-refractivity contribution in [3.8, 4) is 28.6 Å². The molecular formula is C26H26N6O2. The average molecular weight is 455 g/mol. The van der Waals surface area contributed by atoms with Crippen molar-refractivity contribution >= 4 is 16.7 Å². The van der Waals surface area contributed by atoms with E-state index in [1.165, 1.54) is 0 Å². The van der Waals surface area contributed by atoms with E-state index >= 15 is 0 Å². The Labute approximate surface area is 197 Å². The van der Waals surface area contributed by atoms with Crippen molar-refractivity contribution in [3.05, 3.63) is 66.0 Å². The number of morpholine rings is 1. The first-order chi connectivity index (χ1) is 16.7. The van der Waals surface area contributed by atoms with E-state index in [0.717, 1.165) is 77.6 Å². The number of aromatic amines is 1. The second-order valence-corrected chi connectivity index (χ2v) is 8.27. The number of nitrogens with one attached hydrogen (secondary N) is 2. The predicted molar refractivity (Wildman–Crippen MR) is 131 cm³/mol. The molecule has 0 radical (unpaired) electrons. The molecule has 0 saturated carbocycles. The maximum atomic E-state index is 9.82. The fourth-order valence-corrected chi connectivity index (χ4v) is 4.29. The maximum Gasteiger partial charge on any atom is 0.141 e. The molecule has 3 N–H and O–H groups in total. The molecule has 0 unspecified atom stereocenters. The summed E-state index contributed by atoms with van der Waals surface area (Å²) in [6.45, 7) is 4.52. The molecule has 1 aliphatic rings. The number of aliphatic hydroxyl groups is 1. The van der Waals surface area contributed by atoms with Gasteiger partial charge in [-0.1, -0.05) is 24.3 Å². The third kappa shape index (κ3) is 4.63. The summed E-state index contributed by atoms with van der Waals surface area (Å²) in [5, 5.41) is 23.0. The van der Waals surface area contributed by atoms with Gasteiger partial charge in [-0.15, -0.1) is 0 Å². The van der Waals surface area contributed by atoms with Crippen LogP contribution in [0.1, 0.15) is 11.1 Å². The van der Waals surface area contributed by atoms with Crippen molar-refractivity contribution in [2.24, 2.45) is 0 Å². The molecule has 0 bridgehead atoms. The lowest BCUT2D eigenvalue weighted by Gasteiger charge is -2.26. The van der Waals surface area contributed by atoms with Crippen molar-refractivity contribution in [1.29, 1.82) is 5.26 Å². The van der Waals surface area contributed by atoms with Crippen LogP contribution in [0.5, 0.6) is 0 Å². The zero-order valence-corrected chi connectivity index (χ0v) is 18.8. The summed E-state index contributed by atoms with van der Waals surface area (Å²) in [6.07, 6.45) is 1.55. The Balaban J connectivity index is 1.47. The lowest BCUT2D eigenvalue weighted by Crippen LogP contribution is -2.35. The normalized spacial score (nSPS) is 14.2. The van der Waals surface area contributed by atoms with Gasteiger partial charge in [-0.3, -0.25) is 4.90 Å². The molecule has 34 heavy (non-hydrogen) atoms. The highest BCUT2D eigenvalue weighted by Crippen LogP contribution is 2.31. The van der Waals surface area contributed by atoms with Gasteiger partial charge < -0.3 is 20.1 Å². The van der Waals surface area contributed by atoms with Crippen LogP contribution in [0.4, 0.5) is 5.69 Å². The van der Waals surface area contributed by atoms with E-state index in [9.17, 15) is 5.26 Å². The smallest absolute Gasteiger partial charge is 0.141 e. The average Bonchev–Trinajstić information content (AvgIpc) is 3.33. The van der Waals surface area contributed by atoms with Crippen LogP contribution in [0.15, 0.2) is 54.9 Å². The van der Waals surface area contributed by atoms with Crippen LogP contribution in [0.2, 0.25) is 0 Å². The lowest BCUT2D eigenvalue weighted by atomic mass is 10.0. The Morgan fingerprint density at radius 1 is 1.09 bits per heavy atom. The highest BCUT2D eigenvalue weighted by Gasteiger charge is 2.16. The van der Waals surface area contributed by atoms with Crippen molar-refractivity contribution in [3.63, 3.8) is 0 Å². The molecule has 0 aliphatic carbocycles. The standard InChI is InChI=1S/C26H26N6O2/c27-15-21-12-19(4-5-20(21)16-32-7-10-34-11-8-32)25-23-14-24(31-26(23)30-17-29-25)18-2-1-3-22(13-18)28-6-9-33/h1-5,12-14,17,28,33H,6-11,16H2,(H,29,30,31). The summed E-state index contributed by atoms with van der Waals surface area (Å²) in [6, 6.07) is 18.4. The topological polar surface area (TPSA) is 110 Å². The van der Waals surface area contributed by atoms with Crippen molar-refractivity contribution in [1.82, 2.24) is 19.9 Å². The summed E-state index contributed by atoms with van der Waals surface area (Å²) < 4.78 is 5.43. The van der Waals surface area contributed by atoms with Gasteiger partial charge >= 0.3 is 0 Å². The monoisotopic (exact) mass is 454 g/mol. The number of aliphatic hydroxyl groups excluding tert-OH is 1. The van der Waals surface area contributed by atoms with Crippen LogP contribution in [-0.4, -0.2) is 64.4 Å². The Morgan fingerprint density at radius 3 is 2.79 bits per heavy atom. The third-order valence-electron chi connectivity index (χ3n) is 6.04. The fourth-order valence-electron chi connectivity index (χ4n) is 4.29. The highest BCUT2D eigenvalue weighted by atomic mass is 16.5. The molecule has 5 rings (SSSR count). The highest BCUT2D eigenvalue weighted by molar-refractivity contribution is 5.94. The Hall–Kier alpha value is -3.77. The number of H-pyrrole nitrogens is 1. The van der Waals surface area contributed by atoms with E-state index in [2.05, 4.69) is 31.2 Å². The third-order valence-corrected chi connectivity index (χ3v) is 6.04. The molecule has 8 heteroatoms. The van der Waals surface area contributed by atoms with Crippen molar-refractivity contribution < 1.29 is 9.84 Å². The fraction of sp³-hybridized carbons (Fsp3) is 0.269. The first-order valence-electron chi connectivity index (χ1n) is 11.4. The number of fused-ring (bicyclic) bond motifs is 1. The minimum absolute atomic E-state index is 0.0749. The number of hydrogen-bond acceptors (Lipinski definition) is 7. The van der Waals surface area contributed by atoms with E-state index in [1.54, 1.807) is 6.33 Å². The summed E-state index contributed by atoms with van der Waals surface area (Å²) >= 11 is 0. The molecular weight excluding hydrogens is 428 g/mol. The number of aromatic nitrogens is 3. The van der Waals surface area contributed by atoms with Gasteiger partial charge in [0.15, 0.2) is 0 Å². The number of nitriles is 1. The van der Waals surface area contributed by atoms with E-state index in [-0.39, 0.29) is 6.61 Å². The first-order valence-corrected chi connectivity index (χ1v) is 11.4. The Kier molecular flexibility index (Phi) is 6.49. The van der Waals surface area contributed by atoms with Gasteiger partial charge in [-0.2, -0.15) is 5.26 Å². The number of anilines is 1. The van der Waals surface area contributed by atoms with Crippen molar-refractivity contribution in [2.75, 3.05) is 44.8 Å². The summed E-state index contributed by atoms with van der Waals surface area (Å²) in [5.41, 5.74) is 6.96. The SMILES string of the molecule is N#Cc1cc(-c2ncnc3[nH]c(-c4cccc(NCCO)c4)cc23)ccc1CN1CCOCC1. The number of benzene rings is 2. The second-order valence-electron chi connectivity index (χ2n) is 8.27. The van der Waals surface area contributed by atoms with Crippen LogP contribution < -0.4 is 5.32 Å². The second kappa shape index (κ2) is 10.0. The molecule has 1 fully saturated rings. The quantitative estimate of drug-likeness (QED) is 0.393. The minimum Gasteiger partial charge on any atom is -0.395 e. The summed E-state index contributed by atoms with van der Waals surface area (Å²) in [5.74, 6) is 0. The van der Waals surface area contributed by atoms with E-state index < -0.39 is 0 Å². The number of ether oxygens (including phenoxy) is 1. The molecule has 2 aromatic heterocycles. The van der Waals surface area contributed by atoms with Crippen molar-refractivity contribution in [2.45, 2.75) is 6.54 Å². The lowest BCUT2D eigenvalue weighted by molar-refractivity contribution is 0.0341. The van der Waals surface area contributed by atoms with Gasteiger partial charge in [0.25, 0.3) is 0 Å². The van der Waals surface area contributed by atoms with Crippen LogP contribution in [0, 0.1) is 11.3 Å². The molecule has 4 aromatic rings. The molecule has 1 aliphatic heterocycles. The molecule has 0 atom stereocenters. The predicted octanol–water partition coefficient (Wildman–Crippen LogP) is 3.40. The molecule has 1 saturated heterocycles. The number of hydrogen-bond donors (Lipinski definition) is 3. The van der Waals surface area contributed by atoms with Gasteiger partial charge in [0.2, 0.25) is 0 Å². The maximum absolute atomic E-state index is 9.82. The largest absolute Gasteiger partial charge is 0.395 e. The van der Waals surface area contributed by atoms with Gasteiger partial charge in [0.05, 0.1) is 37.1 Å². The Morgan fingerprint density at radius 2 is 1.97 bits per heavy atom. The molecule has 2 aromatic carbocycles. The molecule has 3 heterocycles. The van der Waals surface area contributed by atoms with Gasteiger partial charge in [-0.05, 0) is 29.8 Å². The van der Waals surface area contributed by atoms with Gasteiger partial charge in [0.1, 0.15) is 12.0 Å². The van der Waals surface area contributed by atoms with Crippen LogP contribution >= 0.6 is 0 Å². The van der Waals surface area contributed by atoms with Crippen LogP contribution in [-0.2, 0) is 11.3 Å². The summed E-state index contributed by atoms with van der Waals surface area (Å²) in [7, 11) is 0. The molecule has 0 amide bonds. The molecule has 172 valence electrons. The summed E-state index contributed by atoms with van der Waals surface area (Å²) in [4.78, 5) is 14.7. The van der Waals surface area contributed by atoms with E-state index in [1.807, 2.05) is 48.5 Å². The van der Waals surface area contributed by atoms with E-state index in [0.29, 0.717) is 12.1 Å². The minimum atomic E-state index is 0.0749. The first kappa shape index (κ1) is 22.0. The number of rotatable bonds is 7. The number of nitrogens with zero attached hydrogens (tertiary/aromatic N) is 4. The Bertz CT molecular complexity index is 1340. The van der Waals surface area contributed by atoms with Crippen LogP contribution in [0.25, 0.3) is 33.5 Å². The van der Waals surface area contributed by atoms with Gasteiger partial charge in [-0.25, -0.2) is 9.97 Å². The van der Waals surface area contributed by atoms with Gasteiger partial charge in [0, 0.05) is 54.1 Å².